The lowest BCUT2D eigenvalue weighted by atomic mass is 10.1. The van der Waals surface area contributed by atoms with Gasteiger partial charge in [0, 0.05) is 46.7 Å². The molecule has 0 saturated carbocycles. The molecular weight excluding hydrogens is 436 g/mol. The average Bonchev–Trinajstić information content (AvgIpc) is 3.31. The molecule has 5 aromatic rings. The summed E-state index contributed by atoms with van der Waals surface area (Å²) in [5.41, 5.74) is 3.21. The van der Waals surface area contributed by atoms with Crippen LogP contribution in [0.5, 0.6) is 0 Å². The number of hydrogen-bond acceptors (Lipinski definition) is 9. The van der Waals surface area contributed by atoms with Gasteiger partial charge in [-0.05, 0) is 37.7 Å². The van der Waals surface area contributed by atoms with Crippen molar-refractivity contribution in [1.82, 2.24) is 19.9 Å². The maximum Gasteiger partial charge on any atom is 0.251 e. The first-order chi connectivity index (χ1) is 16.1. The molecule has 168 valence electrons. The van der Waals surface area contributed by atoms with Crippen molar-refractivity contribution in [3.8, 4) is 0 Å². The monoisotopic (exact) mass is 460 g/mol. The Morgan fingerprint density at radius 1 is 1.03 bits per heavy atom. The van der Waals surface area contributed by atoms with Gasteiger partial charge in [-0.1, -0.05) is 18.2 Å². The number of oxazole rings is 1. The molecule has 0 saturated heterocycles. The summed E-state index contributed by atoms with van der Waals surface area (Å²) in [5, 5.41) is 8.33. The maximum atomic E-state index is 13.2. The molecule has 0 radical (unpaired) electrons. The van der Waals surface area contributed by atoms with E-state index in [0.717, 1.165) is 51.1 Å². The SMILES string of the molecule is Cc1ccc(NCCN(C)CCNc2ncnc3ocnc23)c2c(=O)c3ccccc3sc12. The molecule has 2 aromatic carbocycles. The highest BCUT2D eigenvalue weighted by Crippen LogP contribution is 2.31. The van der Waals surface area contributed by atoms with Crippen LogP contribution in [0, 0.1) is 6.92 Å². The summed E-state index contributed by atoms with van der Waals surface area (Å²) < 4.78 is 7.28. The second-order valence-electron chi connectivity index (χ2n) is 7.95. The van der Waals surface area contributed by atoms with E-state index >= 15 is 0 Å². The molecule has 0 atom stereocenters. The van der Waals surface area contributed by atoms with E-state index in [2.05, 4.69) is 50.5 Å². The predicted molar refractivity (Wildman–Crippen MR) is 134 cm³/mol. The molecule has 3 aromatic heterocycles. The Morgan fingerprint density at radius 3 is 2.73 bits per heavy atom. The van der Waals surface area contributed by atoms with Gasteiger partial charge in [0.1, 0.15) is 6.33 Å². The summed E-state index contributed by atoms with van der Waals surface area (Å²) in [4.78, 5) is 27.9. The van der Waals surface area contributed by atoms with Crippen LogP contribution in [-0.2, 0) is 0 Å². The zero-order valence-electron chi connectivity index (χ0n) is 18.5. The van der Waals surface area contributed by atoms with E-state index in [1.165, 1.54) is 12.7 Å². The maximum absolute atomic E-state index is 13.2. The fourth-order valence-corrected chi connectivity index (χ4v) is 5.03. The minimum absolute atomic E-state index is 0.0899. The molecule has 0 unspecified atom stereocenters. The third kappa shape index (κ3) is 4.24. The Morgan fingerprint density at radius 2 is 1.85 bits per heavy atom. The van der Waals surface area contributed by atoms with E-state index in [4.69, 9.17) is 4.42 Å². The van der Waals surface area contributed by atoms with Crippen molar-refractivity contribution >= 4 is 54.2 Å². The molecule has 0 aliphatic rings. The van der Waals surface area contributed by atoms with Crippen molar-refractivity contribution in [3.63, 3.8) is 0 Å². The van der Waals surface area contributed by atoms with Gasteiger partial charge in [-0.25, -0.2) is 9.97 Å². The van der Waals surface area contributed by atoms with E-state index in [0.29, 0.717) is 23.6 Å². The Labute approximate surface area is 194 Å². The lowest BCUT2D eigenvalue weighted by Crippen LogP contribution is -2.30. The van der Waals surface area contributed by atoms with E-state index < -0.39 is 0 Å². The second kappa shape index (κ2) is 9.13. The van der Waals surface area contributed by atoms with Crippen LogP contribution in [0.4, 0.5) is 11.5 Å². The van der Waals surface area contributed by atoms with Gasteiger partial charge in [0.15, 0.2) is 23.2 Å². The number of hydrogen-bond donors (Lipinski definition) is 2. The molecule has 33 heavy (non-hydrogen) atoms. The van der Waals surface area contributed by atoms with Crippen molar-refractivity contribution < 1.29 is 4.42 Å². The van der Waals surface area contributed by atoms with E-state index in [9.17, 15) is 4.79 Å². The highest BCUT2D eigenvalue weighted by atomic mass is 32.1. The Kier molecular flexibility index (Phi) is 5.89. The first-order valence-electron chi connectivity index (χ1n) is 10.8. The van der Waals surface area contributed by atoms with Crippen LogP contribution in [0.2, 0.25) is 0 Å². The average molecular weight is 461 g/mol. The van der Waals surface area contributed by atoms with Gasteiger partial charge >= 0.3 is 0 Å². The van der Waals surface area contributed by atoms with Gasteiger partial charge in [-0.3, -0.25) is 4.79 Å². The topological polar surface area (TPSA) is 96.2 Å². The van der Waals surface area contributed by atoms with Crippen LogP contribution in [0.25, 0.3) is 31.4 Å². The van der Waals surface area contributed by atoms with Crippen LogP contribution in [0.3, 0.4) is 0 Å². The lowest BCUT2D eigenvalue weighted by molar-refractivity contribution is 0.361. The number of anilines is 2. The number of likely N-dealkylation sites (N-methyl/N-ethyl adjacent to an activating group) is 1. The van der Waals surface area contributed by atoms with Crippen LogP contribution in [0.1, 0.15) is 5.56 Å². The zero-order valence-corrected chi connectivity index (χ0v) is 19.3. The number of nitrogens with zero attached hydrogens (tertiary/aromatic N) is 4. The summed E-state index contributed by atoms with van der Waals surface area (Å²) >= 11 is 1.68. The molecule has 2 N–H and O–H groups in total. The fraction of sp³-hybridized carbons (Fsp3) is 0.250. The highest BCUT2D eigenvalue weighted by Gasteiger charge is 2.12. The smallest absolute Gasteiger partial charge is 0.251 e. The van der Waals surface area contributed by atoms with E-state index in [1.807, 2.05) is 30.3 Å². The quantitative estimate of drug-likeness (QED) is 0.334. The van der Waals surface area contributed by atoms with Crippen molar-refractivity contribution in [3.05, 3.63) is 64.9 Å². The Hall–Kier alpha value is -3.56. The van der Waals surface area contributed by atoms with E-state index in [-0.39, 0.29) is 5.43 Å². The second-order valence-corrected chi connectivity index (χ2v) is 9.00. The summed E-state index contributed by atoms with van der Waals surface area (Å²) in [7, 11) is 2.07. The molecule has 0 fully saturated rings. The van der Waals surface area contributed by atoms with Crippen molar-refractivity contribution in [2.75, 3.05) is 43.9 Å². The molecule has 0 aliphatic carbocycles. The lowest BCUT2D eigenvalue weighted by Gasteiger charge is -2.18. The largest absolute Gasteiger partial charge is 0.425 e. The minimum atomic E-state index is 0.0899. The zero-order chi connectivity index (χ0) is 22.8. The summed E-state index contributed by atoms with van der Waals surface area (Å²) in [6, 6.07) is 11.9. The van der Waals surface area contributed by atoms with Gasteiger partial charge in [0.05, 0.1) is 5.39 Å². The molecule has 5 rings (SSSR count). The Balaban J connectivity index is 1.23. The van der Waals surface area contributed by atoms with E-state index in [1.54, 1.807) is 11.3 Å². The molecule has 0 spiro atoms. The van der Waals surface area contributed by atoms with Crippen LogP contribution in [-0.4, -0.2) is 53.1 Å². The number of aromatic nitrogens is 3. The first kappa shape index (κ1) is 21.3. The number of fused-ring (bicyclic) bond motifs is 3. The van der Waals surface area contributed by atoms with Gasteiger partial charge in [0.2, 0.25) is 0 Å². The summed E-state index contributed by atoms with van der Waals surface area (Å²) in [6.45, 7) is 5.14. The number of benzene rings is 2. The number of nitrogens with one attached hydrogen (secondary N) is 2. The number of rotatable bonds is 8. The third-order valence-corrected chi connectivity index (χ3v) is 6.96. The molecule has 8 nitrogen and oxygen atoms in total. The van der Waals surface area contributed by atoms with Gasteiger partial charge < -0.3 is 20.0 Å². The van der Waals surface area contributed by atoms with Gasteiger partial charge in [0.25, 0.3) is 5.71 Å². The fourth-order valence-electron chi connectivity index (χ4n) is 3.86. The minimum Gasteiger partial charge on any atom is -0.425 e. The van der Waals surface area contributed by atoms with Crippen LogP contribution in [0.15, 0.2) is 58.3 Å². The van der Waals surface area contributed by atoms with Crippen LogP contribution >= 0.6 is 11.3 Å². The van der Waals surface area contributed by atoms with Crippen molar-refractivity contribution in [2.24, 2.45) is 0 Å². The van der Waals surface area contributed by atoms with Crippen molar-refractivity contribution in [1.29, 1.82) is 0 Å². The molecular formula is C24H24N6O2S. The standard InChI is InChI=1S/C24H24N6O2S/c1-15-7-8-17(19-21(31)16-5-3-4-6-18(16)33-22(15)19)25-9-11-30(2)12-10-26-23-20-24(28-13-27-23)32-14-29-20/h3-8,13-14,25H,9-12H2,1-2H3,(H,26,27,28). The van der Waals surface area contributed by atoms with Gasteiger partial charge in [-0.15, -0.1) is 11.3 Å². The third-order valence-electron chi connectivity index (χ3n) is 5.66. The molecule has 3 heterocycles. The summed E-state index contributed by atoms with van der Waals surface area (Å²) in [6.07, 6.45) is 2.83. The van der Waals surface area contributed by atoms with Gasteiger partial charge in [-0.2, -0.15) is 4.98 Å². The number of aryl methyl sites for hydroxylation is 1. The molecule has 0 bridgehead atoms. The molecule has 0 aliphatic heterocycles. The highest BCUT2D eigenvalue weighted by molar-refractivity contribution is 7.24. The Bertz CT molecular complexity index is 1500. The summed E-state index contributed by atoms with van der Waals surface area (Å²) in [5.74, 6) is 0.669. The predicted octanol–water partition coefficient (Wildman–Crippen LogP) is 4.11. The molecule has 0 amide bonds. The van der Waals surface area contributed by atoms with Crippen molar-refractivity contribution in [2.45, 2.75) is 6.92 Å². The normalized spacial score (nSPS) is 11.6. The molecule has 9 heteroatoms. The van der Waals surface area contributed by atoms with Crippen LogP contribution < -0.4 is 16.1 Å². The first-order valence-corrected chi connectivity index (χ1v) is 11.6.